The van der Waals surface area contributed by atoms with Crippen molar-refractivity contribution in [2.45, 2.75) is 24.9 Å². The molecule has 0 saturated carbocycles. The van der Waals surface area contributed by atoms with E-state index in [1.165, 1.54) is 22.0 Å². The molecule has 2 aliphatic heterocycles. The Kier molecular flexibility index (Phi) is 7.41. The van der Waals surface area contributed by atoms with Crippen molar-refractivity contribution in [3.63, 3.8) is 0 Å². The van der Waals surface area contributed by atoms with Gasteiger partial charge in [0.15, 0.2) is 29.8 Å². The van der Waals surface area contributed by atoms with Crippen molar-refractivity contribution in [3.05, 3.63) is 52.9 Å². The van der Waals surface area contributed by atoms with Gasteiger partial charge in [0, 0.05) is 28.8 Å². The number of hydrogen-bond donors (Lipinski definition) is 3. The molecule has 0 bridgehead atoms. The van der Waals surface area contributed by atoms with E-state index in [1.807, 2.05) is 35.2 Å². The van der Waals surface area contributed by atoms with Crippen molar-refractivity contribution in [1.82, 2.24) is 15.2 Å². The van der Waals surface area contributed by atoms with E-state index < -0.39 is 29.2 Å². The number of carboxylic acids is 1. The molecular formula is C21H21N6O6S2+. The number of nitrogens with zero attached hydrogens (tertiary/aromatic N) is 4. The number of pyridine rings is 1. The molecule has 1 fully saturated rings. The van der Waals surface area contributed by atoms with Crippen LogP contribution in [-0.4, -0.2) is 68.7 Å². The summed E-state index contributed by atoms with van der Waals surface area (Å²) in [6, 6.07) is 4.59. The van der Waals surface area contributed by atoms with Gasteiger partial charge >= 0.3 is 5.97 Å². The van der Waals surface area contributed by atoms with Crippen LogP contribution in [0.2, 0.25) is 0 Å². The largest absolute Gasteiger partial charge is 0.477 e. The van der Waals surface area contributed by atoms with Gasteiger partial charge in [-0.3, -0.25) is 19.3 Å². The minimum absolute atomic E-state index is 0.0621. The van der Waals surface area contributed by atoms with Crippen molar-refractivity contribution in [3.8, 4) is 0 Å². The van der Waals surface area contributed by atoms with Crippen LogP contribution < -0.4 is 15.2 Å². The molecule has 0 spiro atoms. The van der Waals surface area contributed by atoms with Gasteiger partial charge < -0.3 is 20.6 Å². The van der Waals surface area contributed by atoms with Gasteiger partial charge in [-0.15, -0.1) is 23.1 Å². The fraction of sp³-hybridized carbons (Fsp3) is 0.286. The summed E-state index contributed by atoms with van der Waals surface area (Å²) in [4.78, 5) is 59.1. The molecule has 4 rings (SSSR count). The Labute approximate surface area is 207 Å². The predicted molar refractivity (Wildman–Crippen MR) is 126 cm³/mol. The van der Waals surface area contributed by atoms with E-state index in [4.69, 9.17) is 4.84 Å². The molecule has 12 nitrogen and oxygen atoms in total. The van der Waals surface area contributed by atoms with Crippen LogP contribution in [0.4, 0.5) is 5.13 Å². The Bertz CT molecular complexity index is 1210. The van der Waals surface area contributed by atoms with Gasteiger partial charge in [-0.2, -0.15) is 0 Å². The topological polar surface area (TPSA) is 154 Å². The third-order valence-electron chi connectivity index (χ3n) is 5.12. The van der Waals surface area contributed by atoms with Crippen LogP contribution in [0.1, 0.15) is 12.6 Å². The van der Waals surface area contributed by atoms with E-state index in [0.29, 0.717) is 24.3 Å². The van der Waals surface area contributed by atoms with Crippen molar-refractivity contribution in [2.24, 2.45) is 5.16 Å². The van der Waals surface area contributed by atoms with E-state index in [1.54, 1.807) is 6.92 Å². The zero-order valence-electron chi connectivity index (χ0n) is 18.4. The molecule has 3 N–H and O–H groups in total. The Hall–Kier alpha value is -3.78. The lowest BCUT2D eigenvalue weighted by atomic mass is 10.0. The molecule has 1 unspecified atom stereocenters. The van der Waals surface area contributed by atoms with Gasteiger partial charge in [-0.1, -0.05) is 11.2 Å². The number of aliphatic carboxylic acids is 1. The fourth-order valence-electron chi connectivity index (χ4n) is 3.61. The minimum Gasteiger partial charge on any atom is -0.477 e. The third-order valence-corrected chi connectivity index (χ3v) is 7.23. The van der Waals surface area contributed by atoms with E-state index in [-0.39, 0.29) is 28.8 Å². The molecular weight excluding hydrogens is 496 g/mol. The van der Waals surface area contributed by atoms with Gasteiger partial charge in [-0.25, -0.2) is 14.3 Å². The number of β-lactam (4-membered cyclic amide) rings is 1. The first-order valence-corrected chi connectivity index (χ1v) is 12.4. The summed E-state index contributed by atoms with van der Waals surface area (Å²) in [7, 11) is 0. The molecule has 35 heavy (non-hydrogen) atoms. The number of oxime groups is 1. The average Bonchev–Trinajstić information content (AvgIpc) is 3.31. The number of carboxylic acid groups (broad SMARTS) is 1. The van der Waals surface area contributed by atoms with Crippen molar-refractivity contribution >= 4 is 58.1 Å². The van der Waals surface area contributed by atoms with Crippen LogP contribution in [0.25, 0.3) is 0 Å². The summed E-state index contributed by atoms with van der Waals surface area (Å²) < 4.78 is 1.83. The normalized spacial score (nSPS) is 19.5. The van der Waals surface area contributed by atoms with Crippen molar-refractivity contribution < 1.29 is 33.7 Å². The number of hydrogen-bond acceptors (Lipinski definition) is 9. The molecule has 2 aromatic rings. The number of amides is 3. The van der Waals surface area contributed by atoms with Gasteiger partial charge in [0.2, 0.25) is 6.41 Å². The van der Waals surface area contributed by atoms with E-state index in [9.17, 15) is 24.3 Å². The number of nitrogens with one attached hydrogen (secondary N) is 2. The lowest BCUT2D eigenvalue weighted by Gasteiger charge is -2.49. The van der Waals surface area contributed by atoms with Gasteiger partial charge in [0.05, 0.1) is 0 Å². The highest BCUT2D eigenvalue weighted by Crippen LogP contribution is 2.40. The average molecular weight is 518 g/mol. The molecule has 14 heteroatoms. The first kappa shape index (κ1) is 24.3. The number of fused-ring (bicyclic) bond motifs is 1. The molecule has 2 atom stereocenters. The zero-order valence-corrected chi connectivity index (χ0v) is 20.0. The Balaban J connectivity index is 1.52. The first-order chi connectivity index (χ1) is 16.9. The number of thiazole rings is 1. The quantitative estimate of drug-likeness (QED) is 0.133. The summed E-state index contributed by atoms with van der Waals surface area (Å²) in [6.45, 7) is 2.22. The summed E-state index contributed by atoms with van der Waals surface area (Å²) in [6.07, 6.45) is 4.10. The van der Waals surface area contributed by atoms with Crippen molar-refractivity contribution in [1.29, 1.82) is 0 Å². The molecule has 0 radical (unpaired) electrons. The molecule has 1 saturated heterocycles. The lowest BCUT2D eigenvalue weighted by molar-refractivity contribution is -0.689. The first-order valence-electron chi connectivity index (χ1n) is 10.5. The highest BCUT2D eigenvalue weighted by Gasteiger charge is 2.54. The highest BCUT2D eigenvalue weighted by molar-refractivity contribution is 8.00. The Morgan fingerprint density at radius 2 is 2.14 bits per heavy atom. The summed E-state index contributed by atoms with van der Waals surface area (Å²) in [5.41, 5.74) is 0.542. The van der Waals surface area contributed by atoms with Crippen LogP contribution in [0.15, 0.2) is 52.4 Å². The predicted octanol–water partition coefficient (Wildman–Crippen LogP) is 0.178. The number of aromatic nitrogens is 2. The number of thioether (sulfide) groups is 1. The number of anilines is 1. The Morgan fingerprint density at radius 1 is 1.37 bits per heavy atom. The molecule has 2 aromatic heterocycles. The summed E-state index contributed by atoms with van der Waals surface area (Å²) in [5, 5.41) is 19.9. The van der Waals surface area contributed by atoms with Crippen LogP contribution >= 0.6 is 23.1 Å². The van der Waals surface area contributed by atoms with Crippen LogP contribution in [0, 0.1) is 0 Å². The summed E-state index contributed by atoms with van der Waals surface area (Å²) >= 11 is 2.47. The maximum absolute atomic E-state index is 13.0. The van der Waals surface area contributed by atoms with Crippen molar-refractivity contribution in [2.75, 3.05) is 17.7 Å². The zero-order chi connectivity index (χ0) is 24.9. The number of rotatable bonds is 10. The smallest absolute Gasteiger partial charge is 0.352 e. The third kappa shape index (κ3) is 5.02. The second-order valence-electron chi connectivity index (χ2n) is 7.32. The van der Waals surface area contributed by atoms with Crippen LogP contribution in [0.3, 0.4) is 0 Å². The fourth-order valence-corrected chi connectivity index (χ4v) is 5.60. The Morgan fingerprint density at radius 3 is 2.83 bits per heavy atom. The number of carbonyl (C=O) groups is 4. The molecule has 0 aromatic carbocycles. The van der Waals surface area contributed by atoms with Gasteiger partial charge in [-0.05, 0) is 6.92 Å². The van der Waals surface area contributed by atoms with E-state index >= 15 is 0 Å². The maximum atomic E-state index is 13.0. The molecule has 4 heterocycles. The lowest BCUT2D eigenvalue weighted by Crippen LogP contribution is -2.71. The standard InChI is InChI=1S/C21H20N6O6S2/c1-2-33-25-14(13-10-35-21(23-13)22-11-28)17(29)24-15-18(30)27-16(20(31)32)12(9-34-19(15)27)8-26-6-4-3-5-7-26/h3-7,10-11,15,19H,2,8-9H2,1H3,(H2-,22,23,24,28,29,31,32)/p+1/t15?,19-/m0/s1. The SMILES string of the molecule is CCON=C(C(=O)NC1C(=O)N2C(C(=O)O)=C(C[n+]3ccccc3)CS[C@@H]12)c1csc(NC=O)n1. The molecule has 0 aliphatic carbocycles. The van der Waals surface area contributed by atoms with E-state index in [0.717, 1.165) is 11.3 Å². The van der Waals surface area contributed by atoms with Crippen LogP contribution in [0.5, 0.6) is 0 Å². The molecule has 2 aliphatic rings. The van der Waals surface area contributed by atoms with Gasteiger partial charge in [0.25, 0.3) is 11.8 Å². The van der Waals surface area contributed by atoms with E-state index in [2.05, 4.69) is 20.8 Å². The second kappa shape index (κ2) is 10.7. The molecule has 182 valence electrons. The highest BCUT2D eigenvalue weighted by atomic mass is 32.2. The van der Waals surface area contributed by atoms with Gasteiger partial charge in [0.1, 0.15) is 29.4 Å². The molecule has 3 amide bonds. The monoisotopic (exact) mass is 517 g/mol. The minimum atomic E-state index is -1.20. The second-order valence-corrected chi connectivity index (χ2v) is 9.29. The summed E-state index contributed by atoms with van der Waals surface area (Å²) in [5.74, 6) is -2.04. The number of carbonyl (C=O) groups excluding carboxylic acids is 3. The maximum Gasteiger partial charge on any atom is 0.352 e. The van der Waals surface area contributed by atoms with Crippen LogP contribution in [-0.2, 0) is 30.6 Å².